The average molecular weight is 383 g/mol. The van der Waals surface area contributed by atoms with Crippen LogP contribution in [0.25, 0.3) is 0 Å². The van der Waals surface area contributed by atoms with E-state index < -0.39 is 32.7 Å². The largest absolute Gasteiger partial charge is 0.424 e. The van der Waals surface area contributed by atoms with Crippen molar-refractivity contribution in [3.8, 4) is 0 Å². The minimum absolute atomic E-state index is 0.0425. The molecule has 5 nitrogen and oxygen atoms in total. The lowest BCUT2D eigenvalue weighted by Crippen LogP contribution is -2.34. The number of benzene rings is 1. The predicted octanol–water partition coefficient (Wildman–Crippen LogP) is 4.39. The maximum absolute atomic E-state index is 13.1. The lowest BCUT2D eigenvalue weighted by molar-refractivity contribution is -0.388. The van der Waals surface area contributed by atoms with Gasteiger partial charge in [-0.15, -0.1) is 0 Å². The summed E-state index contributed by atoms with van der Waals surface area (Å²) in [5.74, 6) is -0.790. The zero-order valence-electron chi connectivity index (χ0n) is 12.1. The van der Waals surface area contributed by atoms with Crippen LogP contribution in [0.4, 0.5) is 24.5 Å². The topological polar surface area (TPSA) is 63.5 Å². The number of carbonyl (C=O) groups excluding carboxylic acids is 1. The van der Waals surface area contributed by atoms with Crippen molar-refractivity contribution >= 4 is 33.2 Å². The van der Waals surface area contributed by atoms with E-state index in [1.807, 2.05) is 0 Å². The van der Waals surface area contributed by atoms with Gasteiger partial charge >= 0.3 is 6.18 Å². The first kappa shape index (κ1) is 18.4. The van der Waals surface area contributed by atoms with Crippen molar-refractivity contribution in [2.75, 3.05) is 11.4 Å². The molecule has 0 heterocycles. The van der Waals surface area contributed by atoms with Gasteiger partial charge in [0.1, 0.15) is 5.56 Å². The molecule has 1 aromatic carbocycles. The normalized spacial score (nSPS) is 11.6. The van der Waals surface area contributed by atoms with Crippen LogP contribution in [0.3, 0.4) is 0 Å². The standard InChI is InChI=1S/C13H14BrF3N2O3/c1-4-18(12(20)7(2)3)9-6-5-8(19(21)22)10(11(9)14)13(15,16)17/h5-7H,4H2,1-3H3. The minimum Gasteiger partial charge on any atom is -0.311 e. The van der Waals surface area contributed by atoms with Crippen LogP contribution in [0.5, 0.6) is 0 Å². The van der Waals surface area contributed by atoms with E-state index in [2.05, 4.69) is 15.9 Å². The van der Waals surface area contributed by atoms with E-state index in [1.54, 1.807) is 20.8 Å². The average Bonchev–Trinajstić information content (AvgIpc) is 2.38. The Kier molecular flexibility index (Phi) is 5.55. The molecular formula is C13H14BrF3N2O3. The van der Waals surface area contributed by atoms with Crippen LogP contribution in [0.15, 0.2) is 16.6 Å². The predicted molar refractivity (Wildman–Crippen MR) is 78.7 cm³/mol. The molecule has 9 heteroatoms. The van der Waals surface area contributed by atoms with Crippen molar-refractivity contribution in [1.29, 1.82) is 0 Å². The second-order valence-corrected chi connectivity index (χ2v) is 5.58. The Morgan fingerprint density at radius 2 is 1.95 bits per heavy atom. The van der Waals surface area contributed by atoms with Gasteiger partial charge in [0.15, 0.2) is 0 Å². The van der Waals surface area contributed by atoms with Crippen LogP contribution in [-0.2, 0) is 11.0 Å². The molecule has 0 saturated carbocycles. The third kappa shape index (κ3) is 3.57. The van der Waals surface area contributed by atoms with Gasteiger partial charge in [0, 0.05) is 18.5 Å². The molecule has 1 aromatic rings. The summed E-state index contributed by atoms with van der Waals surface area (Å²) in [6.45, 7) is 5.00. The van der Waals surface area contributed by atoms with Crippen LogP contribution in [0, 0.1) is 16.0 Å². The number of nitrogens with zero attached hydrogens (tertiary/aromatic N) is 2. The summed E-state index contributed by atoms with van der Waals surface area (Å²) in [4.78, 5) is 23.0. The number of hydrogen-bond acceptors (Lipinski definition) is 3. The number of halogens is 4. The van der Waals surface area contributed by atoms with Gasteiger partial charge in [0.25, 0.3) is 5.69 Å². The monoisotopic (exact) mass is 382 g/mol. The van der Waals surface area contributed by atoms with Crippen molar-refractivity contribution < 1.29 is 22.9 Å². The zero-order valence-corrected chi connectivity index (χ0v) is 13.7. The summed E-state index contributed by atoms with van der Waals surface area (Å²) in [6, 6.07) is 1.90. The molecule has 0 spiro atoms. The summed E-state index contributed by atoms with van der Waals surface area (Å²) < 4.78 is 38.9. The molecule has 0 radical (unpaired) electrons. The summed E-state index contributed by atoms with van der Waals surface area (Å²) in [5.41, 5.74) is -2.50. The molecule has 0 aliphatic heterocycles. The first-order chi connectivity index (χ1) is 10.0. The zero-order chi connectivity index (χ0) is 17.2. The molecule has 22 heavy (non-hydrogen) atoms. The van der Waals surface area contributed by atoms with Gasteiger partial charge in [-0.1, -0.05) is 13.8 Å². The van der Waals surface area contributed by atoms with Gasteiger partial charge in [0.2, 0.25) is 5.91 Å². The van der Waals surface area contributed by atoms with E-state index in [1.165, 1.54) is 0 Å². The molecule has 0 bridgehead atoms. The molecular weight excluding hydrogens is 369 g/mol. The molecule has 0 atom stereocenters. The number of nitro groups is 1. The van der Waals surface area contributed by atoms with Gasteiger partial charge in [-0.3, -0.25) is 14.9 Å². The van der Waals surface area contributed by atoms with Crippen molar-refractivity contribution in [1.82, 2.24) is 0 Å². The second kappa shape index (κ2) is 6.64. The highest BCUT2D eigenvalue weighted by molar-refractivity contribution is 9.10. The molecule has 0 aliphatic carbocycles. The highest BCUT2D eigenvalue weighted by atomic mass is 79.9. The van der Waals surface area contributed by atoms with E-state index in [9.17, 15) is 28.1 Å². The maximum Gasteiger partial charge on any atom is 0.424 e. The number of nitro benzene ring substituents is 1. The summed E-state index contributed by atoms with van der Waals surface area (Å²) in [7, 11) is 0. The van der Waals surface area contributed by atoms with E-state index in [0.29, 0.717) is 0 Å². The van der Waals surface area contributed by atoms with E-state index in [-0.39, 0.29) is 18.1 Å². The van der Waals surface area contributed by atoms with Gasteiger partial charge in [-0.05, 0) is 28.9 Å². The number of carbonyl (C=O) groups is 1. The van der Waals surface area contributed by atoms with Gasteiger partial charge in [-0.25, -0.2) is 0 Å². The summed E-state index contributed by atoms with van der Waals surface area (Å²) >= 11 is 2.78. The van der Waals surface area contributed by atoms with Crippen molar-refractivity contribution in [2.45, 2.75) is 26.9 Å². The second-order valence-electron chi connectivity index (χ2n) is 4.78. The Morgan fingerprint density at radius 1 is 1.41 bits per heavy atom. The van der Waals surface area contributed by atoms with Crippen LogP contribution >= 0.6 is 15.9 Å². The molecule has 0 saturated heterocycles. The van der Waals surface area contributed by atoms with Crippen molar-refractivity contribution in [2.24, 2.45) is 5.92 Å². The quantitative estimate of drug-likeness (QED) is 0.573. The lowest BCUT2D eigenvalue weighted by Gasteiger charge is -2.25. The highest BCUT2D eigenvalue weighted by Gasteiger charge is 2.42. The first-order valence-electron chi connectivity index (χ1n) is 6.37. The fraction of sp³-hybridized carbons (Fsp3) is 0.462. The molecule has 0 fully saturated rings. The lowest BCUT2D eigenvalue weighted by atomic mass is 10.1. The van der Waals surface area contributed by atoms with E-state index >= 15 is 0 Å². The van der Waals surface area contributed by atoms with Crippen LogP contribution in [0.2, 0.25) is 0 Å². The van der Waals surface area contributed by atoms with Gasteiger partial charge in [0.05, 0.1) is 15.1 Å². The van der Waals surface area contributed by atoms with E-state index in [4.69, 9.17) is 0 Å². The number of hydrogen-bond donors (Lipinski definition) is 0. The molecule has 0 unspecified atom stereocenters. The summed E-state index contributed by atoms with van der Waals surface area (Å²) in [6.07, 6.45) is -4.92. The number of rotatable bonds is 4. The third-order valence-corrected chi connectivity index (χ3v) is 3.75. The Labute approximate surface area is 133 Å². The molecule has 1 rings (SSSR count). The number of alkyl halides is 3. The minimum atomic E-state index is -4.92. The maximum atomic E-state index is 13.1. The smallest absolute Gasteiger partial charge is 0.311 e. The molecule has 0 N–H and O–H groups in total. The van der Waals surface area contributed by atoms with E-state index in [0.717, 1.165) is 17.0 Å². The SMILES string of the molecule is CCN(C(=O)C(C)C)c1ccc([N+](=O)[O-])c(C(F)(F)F)c1Br. The number of amides is 1. The third-order valence-electron chi connectivity index (χ3n) is 2.95. The Hall–Kier alpha value is -1.64. The van der Waals surface area contributed by atoms with Gasteiger partial charge < -0.3 is 4.90 Å². The Bertz CT molecular complexity index is 603. The molecule has 0 aromatic heterocycles. The Morgan fingerprint density at radius 3 is 2.32 bits per heavy atom. The number of anilines is 1. The molecule has 122 valence electrons. The fourth-order valence-corrected chi connectivity index (χ4v) is 2.72. The summed E-state index contributed by atoms with van der Waals surface area (Å²) in [5, 5.41) is 10.8. The van der Waals surface area contributed by atoms with Crippen molar-refractivity contribution in [3.63, 3.8) is 0 Å². The van der Waals surface area contributed by atoms with Gasteiger partial charge in [-0.2, -0.15) is 13.2 Å². The van der Waals surface area contributed by atoms with Crippen LogP contribution in [0.1, 0.15) is 26.3 Å². The van der Waals surface area contributed by atoms with Crippen molar-refractivity contribution in [3.05, 3.63) is 32.3 Å². The van der Waals surface area contributed by atoms with Crippen LogP contribution in [-0.4, -0.2) is 17.4 Å². The van der Waals surface area contributed by atoms with Crippen LogP contribution < -0.4 is 4.90 Å². The molecule has 1 amide bonds. The highest BCUT2D eigenvalue weighted by Crippen LogP contribution is 2.45. The molecule has 0 aliphatic rings. The Balaban J connectivity index is 3.59. The first-order valence-corrected chi connectivity index (χ1v) is 7.17. The fourth-order valence-electron chi connectivity index (χ4n) is 1.94.